The average Bonchev–Trinajstić information content (AvgIpc) is 2.33. The number of carbonyl (C=O) groups is 2. The summed E-state index contributed by atoms with van der Waals surface area (Å²) in [5.74, 6) is -0.380. The Morgan fingerprint density at radius 3 is 2.53 bits per heavy atom. The number of Topliss-reactive ketones (excluding diaryl/α,β-unsaturated/α-hetero) is 1. The number of rotatable bonds is 2. The highest BCUT2D eigenvalue weighted by Gasteiger charge is 2.44. The van der Waals surface area contributed by atoms with E-state index in [4.69, 9.17) is 4.74 Å². The maximum absolute atomic E-state index is 12.2. The van der Waals surface area contributed by atoms with Gasteiger partial charge in [-0.3, -0.25) is 9.59 Å². The van der Waals surface area contributed by atoms with Crippen molar-refractivity contribution < 1.29 is 14.3 Å². The van der Waals surface area contributed by atoms with E-state index in [1.807, 2.05) is 30.3 Å². The van der Waals surface area contributed by atoms with Crippen LogP contribution >= 0.6 is 0 Å². The number of hydrogen-bond donors (Lipinski definition) is 0. The molecule has 1 aliphatic rings. The molecule has 1 aromatic carbocycles. The van der Waals surface area contributed by atoms with Crippen molar-refractivity contribution in [2.75, 3.05) is 0 Å². The highest BCUT2D eigenvalue weighted by atomic mass is 16.6. The van der Waals surface area contributed by atoms with Crippen molar-refractivity contribution in [3.05, 3.63) is 35.9 Å². The maximum Gasteiger partial charge on any atom is 0.303 e. The summed E-state index contributed by atoms with van der Waals surface area (Å²) < 4.78 is 5.39. The standard InChI is InChI=1S/C14H16O3/c1-11(15)17-14(10-6-5-9-13(14)16)12-7-3-2-4-8-12/h2-4,7-8H,5-6,9-10H2,1H3. The van der Waals surface area contributed by atoms with E-state index in [1.165, 1.54) is 6.92 Å². The van der Waals surface area contributed by atoms with E-state index >= 15 is 0 Å². The van der Waals surface area contributed by atoms with Crippen LogP contribution in [0.2, 0.25) is 0 Å². The monoisotopic (exact) mass is 232 g/mol. The number of hydrogen-bond acceptors (Lipinski definition) is 3. The first-order valence-corrected chi connectivity index (χ1v) is 5.93. The second-order valence-corrected chi connectivity index (χ2v) is 4.42. The molecule has 17 heavy (non-hydrogen) atoms. The predicted molar refractivity (Wildman–Crippen MR) is 63.4 cm³/mol. The van der Waals surface area contributed by atoms with E-state index in [9.17, 15) is 9.59 Å². The molecular weight excluding hydrogens is 216 g/mol. The lowest BCUT2D eigenvalue weighted by Crippen LogP contribution is -2.42. The number of benzene rings is 1. The topological polar surface area (TPSA) is 43.4 Å². The van der Waals surface area contributed by atoms with Crippen LogP contribution in [0.5, 0.6) is 0 Å². The molecule has 1 atom stereocenters. The molecule has 2 rings (SSSR count). The molecule has 0 heterocycles. The van der Waals surface area contributed by atoms with Crippen molar-refractivity contribution in [2.24, 2.45) is 0 Å². The van der Waals surface area contributed by atoms with Gasteiger partial charge < -0.3 is 4.74 Å². The Bertz CT molecular complexity index is 424. The smallest absolute Gasteiger partial charge is 0.303 e. The van der Waals surface area contributed by atoms with Gasteiger partial charge in [-0.15, -0.1) is 0 Å². The molecule has 0 bridgehead atoms. The Hall–Kier alpha value is -1.64. The minimum atomic E-state index is -1.04. The molecule has 0 spiro atoms. The molecule has 3 nitrogen and oxygen atoms in total. The minimum absolute atomic E-state index is 0.0187. The van der Waals surface area contributed by atoms with Crippen molar-refractivity contribution in [3.8, 4) is 0 Å². The van der Waals surface area contributed by atoms with Gasteiger partial charge in [-0.1, -0.05) is 30.3 Å². The van der Waals surface area contributed by atoms with Crippen molar-refractivity contribution in [1.82, 2.24) is 0 Å². The summed E-state index contributed by atoms with van der Waals surface area (Å²) in [5, 5.41) is 0. The van der Waals surface area contributed by atoms with Crippen LogP contribution in [0.4, 0.5) is 0 Å². The van der Waals surface area contributed by atoms with Crippen LogP contribution in [-0.2, 0) is 19.9 Å². The maximum atomic E-state index is 12.2. The van der Waals surface area contributed by atoms with E-state index in [2.05, 4.69) is 0 Å². The molecule has 90 valence electrons. The lowest BCUT2D eigenvalue weighted by Gasteiger charge is -2.35. The van der Waals surface area contributed by atoms with Gasteiger partial charge in [-0.25, -0.2) is 0 Å². The van der Waals surface area contributed by atoms with E-state index in [0.29, 0.717) is 12.8 Å². The molecule has 1 aromatic rings. The van der Waals surface area contributed by atoms with Gasteiger partial charge in [0, 0.05) is 18.9 Å². The lowest BCUT2D eigenvalue weighted by molar-refractivity contribution is -0.170. The Balaban J connectivity index is 2.42. The summed E-state index contributed by atoms with van der Waals surface area (Å²) in [4.78, 5) is 23.4. The number of ether oxygens (including phenoxy) is 1. The van der Waals surface area contributed by atoms with Crippen LogP contribution in [-0.4, -0.2) is 11.8 Å². The van der Waals surface area contributed by atoms with Crippen LogP contribution in [0, 0.1) is 0 Å². The molecule has 0 amide bonds. The molecular formula is C14H16O3. The molecule has 0 N–H and O–H groups in total. The number of esters is 1. The molecule has 0 saturated heterocycles. The van der Waals surface area contributed by atoms with Crippen LogP contribution in [0.25, 0.3) is 0 Å². The van der Waals surface area contributed by atoms with Crippen molar-refractivity contribution in [2.45, 2.75) is 38.2 Å². The normalized spacial score (nSPS) is 24.4. The van der Waals surface area contributed by atoms with Crippen molar-refractivity contribution in [3.63, 3.8) is 0 Å². The summed E-state index contributed by atoms with van der Waals surface area (Å²) in [5.41, 5.74) is -0.245. The Morgan fingerprint density at radius 2 is 1.94 bits per heavy atom. The van der Waals surface area contributed by atoms with Gasteiger partial charge in [0.2, 0.25) is 0 Å². The van der Waals surface area contributed by atoms with E-state index in [1.54, 1.807) is 0 Å². The van der Waals surface area contributed by atoms with Crippen molar-refractivity contribution in [1.29, 1.82) is 0 Å². The van der Waals surface area contributed by atoms with E-state index in [0.717, 1.165) is 18.4 Å². The third-order valence-electron chi connectivity index (χ3n) is 3.19. The lowest BCUT2D eigenvalue weighted by atomic mass is 9.78. The van der Waals surface area contributed by atoms with Crippen LogP contribution in [0.1, 0.15) is 38.2 Å². The third-order valence-corrected chi connectivity index (χ3v) is 3.19. The van der Waals surface area contributed by atoms with Gasteiger partial charge in [-0.05, 0) is 19.3 Å². The molecule has 0 radical (unpaired) electrons. The Labute approximate surface area is 101 Å². The zero-order valence-corrected chi connectivity index (χ0v) is 9.94. The minimum Gasteiger partial charge on any atom is -0.446 e. The molecule has 1 fully saturated rings. The molecule has 1 aliphatic carbocycles. The Kier molecular flexibility index (Phi) is 3.27. The number of carbonyl (C=O) groups excluding carboxylic acids is 2. The second kappa shape index (κ2) is 4.70. The first-order valence-electron chi connectivity index (χ1n) is 5.93. The van der Waals surface area contributed by atoms with Gasteiger partial charge in [0.25, 0.3) is 0 Å². The molecule has 1 saturated carbocycles. The fourth-order valence-corrected chi connectivity index (χ4v) is 2.43. The van der Waals surface area contributed by atoms with Gasteiger partial charge in [0.15, 0.2) is 11.4 Å². The summed E-state index contributed by atoms with van der Waals surface area (Å²) in [6, 6.07) is 9.32. The molecule has 1 unspecified atom stereocenters. The second-order valence-electron chi connectivity index (χ2n) is 4.42. The summed E-state index contributed by atoms with van der Waals surface area (Å²) in [6.45, 7) is 1.35. The average molecular weight is 232 g/mol. The van der Waals surface area contributed by atoms with Gasteiger partial charge in [0.1, 0.15) is 0 Å². The predicted octanol–water partition coefficient (Wildman–Crippen LogP) is 2.59. The van der Waals surface area contributed by atoms with E-state index in [-0.39, 0.29) is 5.78 Å². The van der Waals surface area contributed by atoms with E-state index < -0.39 is 11.6 Å². The highest BCUT2D eigenvalue weighted by Crippen LogP contribution is 2.37. The zero-order chi connectivity index (χ0) is 12.3. The summed E-state index contributed by atoms with van der Waals surface area (Å²) in [7, 11) is 0. The fraction of sp³-hybridized carbons (Fsp3) is 0.429. The SMILES string of the molecule is CC(=O)OC1(c2ccccc2)CCCCC1=O. The first-order chi connectivity index (χ1) is 8.15. The molecule has 0 aliphatic heterocycles. The largest absolute Gasteiger partial charge is 0.446 e. The number of ketones is 1. The Morgan fingerprint density at radius 1 is 1.24 bits per heavy atom. The van der Waals surface area contributed by atoms with Crippen molar-refractivity contribution >= 4 is 11.8 Å². The first kappa shape index (κ1) is 11.8. The van der Waals surface area contributed by atoms with Gasteiger partial charge in [0.05, 0.1) is 0 Å². The summed E-state index contributed by atoms with van der Waals surface area (Å²) >= 11 is 0. The van der Waals surface area contributed by atoms with Crippen LogP contribution < -0.4 is 0 Å². The molecule has 0 aromatic heterocycles. The van der Waals surface area contributed by atoms with Gasteiger partial charge >= 0.3 is 5.97 Å². The van der Waals surface area contributed by atoms with Crippen LogP contribution in [0.3, 0.4) is 0 Å². The third kappa shape index (κ3) is 2.23. The molecule has 3 heteroatoms. The van der Waals surface area contributed by atoms with Gasteiger partial charge in [-0.2, -0.15) is 0 Å². The highest BCUT2D eigenvalue weighted by molar-refractivity contribution is 5.91. The quantitative estimate of drug-likeness (QED) is 0.736. The summed E-state index contributed by atoms with van der Waals surface area (Å²) in [6.07, 6.45) is 2.88. The fourth-order valence-electron chi connectivity index (χ4n) is 2.43. The zero-order valence-electron chi connectivity index (χ0n) is 9.94. The van der Waals surface area contributed by atoms with Crippen LogP contribution in [0.15, 0.2) is 30.3 Å².